The molecule has 1 aromatic carbocycles. The standard InChI is InChI=1S/C27H45N3O4/c1-21(19-28-2)29-26(31)30-16-8-9-23(20-30)27(32,15-6-7-17-33-3)24-10-4-5-11-25(24)34-18-14-22-12-13-22/h4-5,10-11,21-23,28,32H,6-9,12-20H2,1-3H3,(H,29,31). The zero-order valence-corrected chi connectivity index (χ0v) is 21.4. The highest BCUT2D eigenvalue weighted by molar-refractivity contribution is 5.74. The van der Waals surface area contributed by atoms with E-state index in [1.165, 1.54) is 12.8 Å². The number of aliphatic hydroxyl groups is 1. The van der Waals surface area contributed by atoms with Gasteiger partial charge in [0.25, 0.3) is 0 Å². The first-order chi connectivity index (χ1) is 16.5. The molecule has 1 aliphatic heterocycles. The van der Waals surface area contributed by atoms with Gasteiger partial charge in [0, 0.05) is 50.9 Å². The van der Waals surface area contributed by atoms with Crippen LogP contribution >= 0.6 is 0 Å². The van der Waals surface area contributed by atoms with Gasteiger partial charge in [0.05, 0.1) is 12.2 Å². The maximum absolute atomic E-state index is 12.9. The molecule has 2 aliphatic rings. The number of amides is 2. The molecule has 192 valence electrons. The van der Waals surface area contributed by atoms with Crippen molar-refractivity contribution >= 4 is 6.03 Å². The van der Waals surface area contributed by atoms with E-state index in [4.69, 9.17) is 9.47 Å². The van der Waals surface area contributed by atoms with Crippen molar-refractivity contribution in [3.63, 3.8) is 0 Å². The Morgan fingerprint density at radius 2 is 2.03 bits per heavy atom. The van der Waals surface area contributed by atoms with Gasteiger partial charge >= 0.3 is 6.03 Å². The third kappa shape index (κ3) is 7.59. The molecule has 0 bridgehead atoms. The number of methoxy groups -OCH3 is 1. The minimum absolute atomic E-state index is 0.0476. The monoisotopic (exact) mass is 475 g/mol. The van der Waals surface area contributed by atoms with Gasteiger partial charge in [-0.25, -0.2) is 4.79 Å². The largest absolute Gasteiger partial charge is 0.493 e. The second kappa shape index (κ2) is 13.3. The Morgan fingerprint density at radius 3 is 2.76 bits per heavy atom. The third-order valence-electron chi connectivity index (χ3n) is 7.25. The molecule has 3 N–H and O–H groups in total. The van der Waals surface area contributed by atoms with E-state index >= 15 is 0 Å². The van der Waals surface area contributed by atoms with Crippen molar-refractivity contribution in [3.8, 4) is 5.75 Å². The van der Waals surface area contributed by atoms with Gasteiger partial charge in [0.15, 0.2) is 0 Å². The fraction of sp³-hybridized carbons (Fsp3) is 0.741. The zero-order chi connectivity index (χ0) is 24.4. The molecule has 0 spiro atoms. The molecule has 7 heteroatoms. The molecular formula is C27H45N3O4. The number of unbranched alkanes of at least 4 members (excludes halogenated alkanes) is 1. The van der Waals surface area contributed by atoms with Crippen molar-refractivity contribution in [2.45, 2.75) is 69.9 Å². The van der Waals surface area contributed by atoms with E-state index in [0.717, 1.165) is 55.9 Å². The number of hydrogen-bond acceptors (Lipinski definition) is 5. The number of likely N-dealkylation sites (tertiary alicyclic amines) is 1. The first-order valence-corrected chi connectivity index (χ1v) is 13.1. The van der Waals surface area contributed by atoms with Crippen molar-refractivity contribution < 1.29 is 19.4 Å². The van der Waals surface area contributed by atoms with E-state index in [0.29, 0.717) is 32.7 Å². The minimum Gasteiger partial charge on any atom is -0.493 e. The molecule has 34 heavy (non-hydrogen) atoms. The number of para-hydroxylation sites is 1. The van der Waals surface area contributed by atoms with Crippen LogP contribution in [0.25, 0.3) is 0 Å². The molecule has 1 aliphatic carbocycles. The van der Waals surface area contributed by atoms with Crippen LogP contribution in [0, 0.1) is 11.8 Å². The summed E-state index contributed by atoms with van der Waals surface area (Å²) in [5.41, 5.74) is -0.196. The zero-order valence-electron chi connectivity index (χ0n) is 21.4. The summed E-state index contributed by atoms with van der Waals surface area (Å²) in [7, 11) is 3.59. The van der Waals surface area contributed by atoms with Crippen LogP contribution in [-0.2, 0) is 10.3 Å². The van der Waals surface area contributed by atoms with Gasteiger partial charge in [0.2, 0.25) is 0 Å². The highest BCUT2D eigenvalue weighted by Crippen LogP contribution is 2.43. The van der Waals surface area contributed by atoms with Crippen LogP contribution in [0.4, 0.5) is 4.79 Å². The summed E-state index contributed by atoms with van der Waals surface area (Å²) < 4.78 is 11.5. The average molecular weight is 476 g/mol. The van der Waals surface area contributed by atoms with E-state index in [9.17, 15) is 9.90 Å². The van der Waals surface area contributed by atoms with E-state index in [2.05, 4.69) is 10.6 Å². The summed E-state index contributed by atoms with van der Waals surface area (Å²) in [4.78, 5) is 14.8. The fourth-order valence-electron chi connectivity index (χ4n) is 5.10. The molecule has 2 amide bonds. The number of nitrogens with one attached hydrogen (secondary N) is 2. The molecule has 1 heterocycles. The van der Waals surface area contributed by atoms with Gasteiger partial charge in [-0.3, -0.25) is 0 Å². The number of likely N-dealkylation sites (N-methyl/N-ethyl adjacent to an activating group) is 1. The highest BCUT2D eigenvalue weighted by atomic mass is 16.5. The Kier molecular flexibility index (Phi) is 10.5. The molecule has 3 rings (SSSR count). The van der Waals surface area contributed by atoms with Gasteiger partial charge in [-0.05, 0) is 64.5 Å². The van der Waals surface area contributed by atoms with E-state index in [-0.39, 0.29) is 18.0 Å². The number of rotatable bonds is 14. The molecule has 1 saturated carbocycles. The summed E-state index contributed by atoms with van der Waals surface area (Å²) in [5, 5.41) is 18.5. The lowest BCUT2D eigenvalue weighted by molar-refractivity contribution is -0.0580. The summed E-state index contributed by atoms with van der Waals surface area (Å²) in [5.74, 6) is 1.53. The van der Waals surface area contributed by atoms with E-state index < -0.39 is 5.60 Å². The average Bonchev–Trinajstić information content (AvgIpc) is 3.67. The minimum atomic E-state index is -1.06. The Morgan fingerprint density at radius 1 is 1.24 bits per heavy atom. The van der Waals surface area contributed by atoms with Crippen molar-refractivity contribution in [3.05, 3.63) is 29.8 Å². The van der Waals surface area contributed by atoms with Gasteiger partial charge in [-0.1, -0.05) is 31.0 Å². The molecule has 2 fully saturated rings. The lowest BCUT2D eigenvalue weighted by atomic mass is 9.73. The smallest absolute Gasteiger partial charge is 0.317 e. The fourth-order valence-corrected chi connectivity index (χ4v) is 5.10. The van der Waals surface area contributed by atoms with Crippen LogP contribution in [0.15, 0.2) is 24.3 Å². The number of benzene rings is 1. The molecule has 1 aromatic rings. The Hall–Kier alpha value is -1.83. The maximum Gasteiger partial charge on any atom is 0.317 e. The Bertz CT molecular complexity index is 757. The summed E-state index contributed by atoms with van der Waals surface area (Å²) in [6.45, 7) is 5.33. The molecule has 0 aromatic heterocycles. The number of carbonyl (C=O) groups is 1. The van der Waals surface area contributed by atoms with E-state index in [1.807, 2.05) is 43.1 Å². The van der Waals surface area contributed by atoms with Crippen molar-refractivity contribution in [2.24, 2.45) is 11.8 Å². The second-order valence-corrected chi connectivity index (χ2v) is 10.1. The quantitative estimate of drug-likeness (QED) is 0.356. The predicted octanol–water partition coefficient (Wildman–Crippen LogP) is 3.90. The van der Waals surface area contributed by atoms with Crippen LogP contribution in [-0.4, -0.2) is 69.1 Å². The number of urea groups is 1. The number of piperidine rings is 1. The normalized spacial score (nSPS) is 21.1. The summed E-state index contributed by atoms with van der Waals surface area (Å²) >= 11 is 0. The van der Waals surface area contributed by atoms with Gasteiger partial charge in [-0.15, -0.1) is 0 Å². The number of nitrogens with zero attached hydrogens (tertiary/aromatic N) is 1. The van der Waals surface area contributed by atoms with Crippen molar-refractivity contribution in [2.75, 3.05) is 47.0 Å². The Balaban J connectivity index is 1.76. The molecular weight excluding hydrogens is 430 g/mol. The van der Waals surface area contributed by atoms with Crippen LogP contribution in [0.5, 0.6) is 5.75 Å². The first kappa shape index (κ1) is 26.8. The van der Waals surface area contributed by atoms with Crippen molar-refractivity contribution in [1.82, 2.24) is 15.5 Å². The molecule has 3 unspecified atom stereocenters. The summed E-state index contributed by atoms with van der Waals surface area (Å²) in [6.07, 6.45) is 7.81. The molecule has 7 nitrogen and oxygen atoms in total. The maximum atomic E-state index is 12.9. The lowest BCUT2D eigenvalue weighted by Gasteiger charge is -2.43. The third-order valence-corrected chi connectivity index (χ3v) is 7.25. The van der Waals surface area contributed by atoms with Crippen molar-refractivity contribution in [1.29, 1.82) is 0 Å². The molecule has 0 radical (unpaired) electrons. The number of hydrogen-bond donors (Lipinski definition) is 3. The predicted molar refractivity (Wildman–Crippen MR) is 135 cm³/mol. The van der Waals surface area contributed by atoms with Gasteiger partial charge in [0.1, 0.15) is 5.75 Å². The van der Waals surface area contributed by atoms with Gasteiger partial charge < -0.3 is 30.1 Å². The molecule has 1 saturated heterocycles. The number of carbonyl (C=O) groups excluding carboxylic acids is 1. The molecule has 3 atom stereocenters. The van der Waals surface area contributed by atoms with Gasteiger partial charge in [-0.2, -0.15) is 0 Å². The second-order valence-electron chi connectivity index (χ2n) is 10.1. The Labute approximate surface area is 205 Å². The van der Waals surface area contributed by atoms with E-state index in [1.54, 1.807) is 7.11 Å². The van der Waals surface area contributed by atoms with Crippen LogP contribution in [0.2, 0.25) is 0 Å². The van der Waals surface area contributed by atoms with Crippen LogP contribution in [0.1, 0.15) is 63.9 Å². The lowest BCUT2D eigenvalue weighted by Crippen LogP contribution is -2.53. The SMILES string of the molecule is CNCC(C)NC(=O)N1CCCC(C(O)(CCCCOC)c2ccccc2OCCC2CC2)C1. The summed E-state index contributed by atoms with van der Waals surface area (Å²) in [6, 6.07) is 7.95. The van der Waals surface area contributed by atoms with Crippen LogP contribution in [0.3, 0.4) is 0 Å². The highest BCUT2D eigenvalue weighted by Gasteiger charge is 2.43. The number of ether oxygens (including phenoxy) is 2. The first-order valence-electron chi connectivity index (χ1n) is 13.1. The topological polar surface area (TPSA) is 83.1 Å². The van der Waals surface area contributed by atoms with Crippen LogP contribution < -0.4 is 15.4 Å².